The minimum atomic E-state index is -0.119. The molecule has 0 spiro atoms. The van der Waals surface area contributed by atoms with Crippen LogP contribution >= 0.6 is 0 Å². The van der Waals surface area contributed by atoms with Gasteiger partial charge in [0.05, 0.1) is 5.69 Å². The van der Waals surface area contributed by atoms with Crippen LogP contribution in [0.25, 0.3) is 33.0 Å². The minimum absolute atomic E-state index is 0.114. The highest BCUT2D eigenvalue weighted by molar-refractivity contribution is 6.09. The second-order valence-electron chi connectivity index (χ2n) is 13.8. The average molecular weight is 606 g/mol. The van der Waals surface area contributed by atoms with E-state index < -0.39 is 0 Å². The Morgan fingerprint density at radius 1 is 0.489 bits per heavy atom. The number of nitrogens with zero attached hydrogens (tertiary/aromatic N) is 1. The largest absolute Gasteiger partial charge is 0.309 e. The van der Waals surface area contributed by atoms with Crippen molar-refractivity contribution in [2.45, 2.75) is 38.5 Å². The van der Waals surface area contributed by atoms with Crippen molar-refractivity contribution in [3.63, 3.8) is 0 Å². The highest BCUT2D eigenvalue weighted by atomic mass is 15.1. The third kappa shape index (κ3) is 4.77. The quantitative estimate of drug-likeness (QED) is 0.182. The smallest absolute Gasteiger partial charge is 0.0621 e. The van der Waals surface area contributed by atoms with E-state index in [4.69, 9.17) is 0 Å². The van der Waals surface area contributed by atoms with Gasteiger partial charge in [0.25, 0.3) is 0 Å². The standard InChI is InChI=1S/C46H39N/c1-45(2,35-18-9-6-10-19-35)36-25-29-38(30-26-36)47(37-27-23-33(24-28-37)32-15-7-5-8-16-32)44-39-20-12-11-17-34(39)31-42-43(44)40-21-13-14-22-41(40)46(42,3)4/h5-31H,1-4H3. The molecule has 7 aromatic carbocycles. The van der Waals surface area contributed by atoms with Gasteiger partial charge in [-0.2, -0.15) is 0 Å². The van der Waals surface area contributed by atoms with Gasteiger partial charge in [-0.25, -0.2) is 0 Å². The normalized spacial score (nSPS) is 13.3. The van der Waals surface area contributed by atoms with Crippen molar-refractivity contribution >= 4 is 27.8 Å². The Kier molecular flexibility index (Phi) is 6.88. The van der Waals surface area contributed by atoms with Crippen LogP contribution in [0.15, 0.2) is 164 Å². The summed E-state index contributed by atoms with van der Waals surface area (Å²) >= 11 is 0. The molecule has 1 aliphatic rings. The Morgan fingerprint density at radius 2 is 1.02 bits per heavy atom. The Labute approximate surface area is 278 Å². The number of anilines is 3. The summed E-state index contributed by atoms with van der Waals surface area (Å²) < 4.78 is 0. The van der Waals surface area contributed by atoms with E-state index in [0.717, 1.165) is 11.4 Å². The van der Waals surface area contributed by atoms with Crippen LogP contribution in [0.4, 0.5) is 17.1 Å². The molecule has 0 saturated carbocycles. The van der Waals surface area contributed by atoms with Crippen LogP contribution in [0.1, 0.15) is 49.9 Å². The zero-order valence-electron chi connectivity index (χ0n) is 27.5. The summed E-state index contributed by atoms with van der Waals surface area (Å²) in [6.07, 6.45) is 0. The maximum atomic E-state index is 2.49. The predicted molar refractivity (Wildman–Crippen MR) is 200 cm³/mol. The summed E-state index contributed by atoms with van der Waals surface area (Å²) in [7, 11) is 0. The van der Waals surface area contributed by atoms with Crippen molar-refractivity contribution in [2.24, 2.45) is 0 Å². The van der Waals surface area contributed by atoms with Crippen LogP contribution in [-0.2, 0) is 10.8 Å². The monoisotopic (exact) mass is 605 g/mol. The highest BCUT2D eigenvalue weighted by Gasteiger charge is 2.39. The summed E-state index contributed by atoms with van der Waals surface area (Å²) in [6.45, 7) is 9.37. The van der Waals surface area contributed by atoms with Gasteiger partial charge in [0.15, 0.2) is 0 Å². The van der Waals surface area contributed by atoms with Crippen LogP contribution in [-0.4, -0.2) is 0 Å². The summed E-state index contributed by atoms with van der Waals surface area (Å²) in [5.41, 5.74) is 13.7. The maximum Gasteiger partial charge on any atom is 0.0621 e. The van der Waals surface area contributed by atoms with Crippen LogP contribution in [0.3, 0.4) is 0 Å². The van der Waals surface area contributed by atoms with E-state index in [0.29, 0.717) is 0 Å². The first-order valence-electron chi connectivity index (χ1n) is 16.6. The van der Waals surface area contributed by atoms with E-state index >= 15 is 0 Å². The predicted octanol–water partition coefficient (Wildman–Crippen LogP) is 12.6. The van der Waals surface area contributed by atoms with Gasteiger partial charge in [0.1, 0.15) is 0 Å². The number of benzene rings is 7. The molecule has 1 heteroatoms. The van der Waals surface area contributed by atoms with Crippen molar-refractivity contribution in [2.75, 3.05) is 4.90 Å². The molecule has 0 aliphatic heterocycles. The first kappa shape index (κ1) is 29.0. The fraction of sp³-hybridized carbons (Fsp3) is 0.130. The van der Waals surface area contributed by atoms with Gasteiger partial charge >= 0.3 is 0 Å². The minimum Gasteiger partial charge on any atom is -0.309 e. The lowest BCUT2D eigenvalue weighted by molar-refractivity contribution is 0.641. The van der Waals surface area contributed by atoms with Crippen molar-refractivity contribution in [3.8, 4) is 22.3 Å². The van der Waals surface area contributed by atoms with Gasteiger partial charge in [-0.05, 0) is 74.7 Å². The summed E-state index contributed by atoms with van der Waals surface area (Å²) in [5, 5.41) is 2.51. The SMILES string of the molecule is CC(C)(c1ccccc1)c1ccc(N(c2ccc(-c3ccccc3)cc2)c2c3c(cc4ccccc24)C(C)(C)c2ccccc2-3)cc1. The van der Waals surface area contributed by atoms with Gasteiger partial charge in [0.2, 0.25) is 0 Å². The third-order valence-electron chi connectivity index (χ3n) is 10.4. The lowest BCUT2D eigenvalue weighted by atomic mass is 9.78. The van der Waals surface area contributed by atoms with Crippen molar-refractivity contribution in [1.29, 1.82) is 0 Å². The summed E-state index contributed by atoms with van der Waals surface area (Å²) in [5.74, 6) is 0. The lowest BCUT2D eigenvalue weighted by Gasteiger charge is -2.32. The number of fused-ring (bicyclic) bond motifs is 4. The molecule has 228 valence electrons. The molecule has 0 radical (unpaired) electrons. The van der Waals surface area contributed by atoms with Gasteiger partial charge < -0.3 is 4.90 Å². The van der Waals surface area contributed by atoms with Gasteiger partial charge in [0, 0.05) is 33.2 Å². The van der Waals surface area contributed by atoms with Gasteiger partial charge in [-0.1, -0.05) is 161 Å². The molecule has 0 atom stereocenters. The number of hydrogen-bond donors (Lipinski definition) is 0. The second kappa shape index (κ2) is 11.1. The van der Waals surface area contributed by atoms with E-state index in [9.17, 15) is 0 Å². The van der Waals surface area contributed by atoms with Crippen LogP contribution in [0, 0.1) is 0 Å². The molecular weight excluding hydrogens is 567 g/mol. The van der Waals surface area contributed by atoms with E-state index in [-0.39, 0.29) is 10.8 Å². The van der Waals surface area contributed by atoms with Crippen molar-refractivity contribution < 1.29 is 0 Å². The molecule has 1 aliphatic carbocycles. The van der Waals surface area contributed by atoms with Crippen molar-refractivity contribution in [3.05, 3.63) is 186 Å². The third-order valence-corrected chi connectivity index (χ3v) is 10.4. The first-order valence-corrected chi connectivity index (χ1v) is 16.6. The van der Waals surface area contributed by atoms with Crippen LogP contribution < -0.4 is 4.90 Å². The van der Waals surface area contributed by atoms with Gasteiger partial charge in [-0.3, -0.25) is 0 Å². The summed E-state index contributed by atoms with van der Waals surface area (Å²) in [4.78, 5) is 2.49. The maximum absolute atomic E-state index is 2.49. The Morgan fingerprint density at radius 3 is 1.72 bits per heavy atom. The molecule has 0 saturated heterocycles. The zero-order chi connectivity index (χ0) is 32.2. The Bertz CT molecular complexity index is 2210. The Hall–Kier alpha value is -5.40. The molecule has 47 heavy (non-hydrogen) atoms. The summed E-state index contributed by atoms with van der Waals surface area (Å²) in [6, 6.07) is 60.1. The molecule has 0 bridgehead atoms. The lowest BCUT2D eigenvalue weighted by Crippen LogP contribution is -2.19. The number of hydrogen-bond acceptors (Lipinski definition) is 1. The van der Waals surface area contributed by atoms with E-state index in [1.165, 1.54) is 61.0 Å². The molecule has 0 aromatic heterocycles. The van der Waals surface area contributed by atoms with Crippen molar-refractivity contribution in [1.82, 2.24) is 0 Å². The Balaban J connectivity index is 1.37. The average Bonchev–Trinajstić information content (AvgIpc) is 3.35. The molecule has 0 unspecified atom stereocenters. The molecule has 7 aromatic rings. The van der Waals surface area contributed by atoms with E-state index in [1.807, 2.05) is 0 Å². The number of rotatable bonds is 6. The van der Waals surface area contributed by atoms with Crippen LogP contribution in [0.2, 0.25) is 0 Å². The fourth-order valence-electron chi connectivity index (χ4n) is 7.61. The highest BCUT2D eigenvalue weighted by Crippen LogP contribution is 2.56. The molecule has 0 fully saturated rings. The van der Waals surface area contributed by atoms with Gasteiger partial charge in [-0.15, -0.1) is 0 Å². The molecule has 0 N–H and O–H groups in total. The molecular formula is C46H39N. The molecule has 8 rings (SSSR count). The van der Waals surface area contributed by atoms with E-state index in [1.54, 1.807) is 0 Å². The van der Waals surface area contributed by atoms with E-state index in [2.05, 4.69) is 196 Å². The second-order valence-corrected chi connectivity index (χ2v) is 13.8. The zero-order valence-corrected chi connectivity index (χ0v) is 27.5. The first-order chi connectivity index (χ1) is 22.8. The molecule has 1 nitrogen and oxygen atoms in total. The fourth-order valence-corrected chi connectivity index (χ4v) is 7.61. The molecule has 0 amide bonds. The molecule has 0 heterocycles. The van der Waals surface area contributed by atoms with Crippen LogP contribution in [0.5, 0.6) is 0 Å². The topological polar surface area (TPSA) is 3.24 Å².